The maximum Gasteiger partial charge on any atom is 0.224 e. The molecule has 0 radical (unpaired) electrons. The van der Waals surface area contributed by atoms with Crippen LogP contribution in [0.2, 0.25) is 0 Å². The number of anilines is 2. The number of hydrogen-bond acceptors (Lipinski definition) is 5. The summed E-state index contributed by atoms with van der Waals surface area (Å²) in [5.41, 5.74) is 8.05. The Morgan fingerprint density at radius 1 is 1.04 bits per heavy atom. The third-order valence-electron chi connectivity index (χ3n) is 4.31. The largest absolute Gasteiger partial charge is 0.494 e. The van der Waals surface area contributed by atoms with E-state index in [0.717, 1.165) is 34.9 Å². The number of amides is 2. The van der Waals surface area contributed by atoms with Crippen molar-refractivity contribution in [2.24, 2.45) is 5.73 Å². The SMILES string of the molecule is NCCOc1ccc(NC(=O)CCCOc2ccc3c(c2)CCC(=O)N3)cc1. The first-order valence-corrected chi connectivity index (χ1v) is 9.42. The molecule has 0 saturated heterocycles. The average molecular weight is 383 g/mol. The van der Waals surface area contributed by atoms with Gasteiger partial charge in [-0.1, -0.05) is 0 Å². The molecule has 2 aromatic rings. The molecule has 2 amide bonds. The molecule has 1 aliphatic rings. The minimum atomic E-state index is -0.0626. The van der Waals surface area contributed by atoms with Crippen LogP contribution in [0.25, 0.3) is 0 Å². The van der Waals surface area contributed by atoms with Crippen molar-refractivity contribution >= 4 is 23.2 Å². The van der Waals surface area contributed by atoms with Crippen molar-refractivity contribution in [1.29, 1.82) is 0 Å². The lowest BCUT2D eigenvalue weighted by atomic mass is 10.0. The number of carbonyl (C=O) groups excluding carboxylic acids is 2. The van der Waals surface area contributed by atoms with Gasteiger partial charge in [0.05, 0.1) is 6.61 Å². The van der Waals surface area contributed by atoms with Crippen LogP contribution in [-0.2, 0) is 16.0 Å². The van der Waals surface area contributed by atoms with Crippen LogP contribution in [0.1, 0.15) is 24.8 Å². The molecule has 0 unspecified atom stereocenters. The Balaban J connectivity index is 1.38. The van der Waals surface area contributed by atoms with Crippen molar-refractivity contribution in [1.82, 2.24) is 0 Å². The normalized spacial score (nSPS) is 12.7. The molecule has 0 aliphatic carbocycles. The number of nitrogens with two attached hydrogens (primary N) is 1. The van der Waals surface area contributed by atoms with Crippen LogP contribution in [0.15, 0.2) is 42.5 Å². The van der Waals surface area contributed by atoms with Crippen molar-refractivity contribution in [3.8, 4) is 11.5 Å². The second-order valence-electron chi connectivity index (χ2n) is 6.53. The summed E-state index contributed by atoms with van der Waals surface area (Å²) in [4.78, 5) is 23.4. The zero-order valence-corrected chi connectivity index (χ0v) is 15.7. The minimum Gasteiger partial charge on any atom is -0.494 e. The number of hydrogen-bond donors (Lipinski definition) is 3. The van der Waals surface area contributed by atoms with Gasteiger partial charge in [-0.25, -0.2) is 0 Å². The zero-order valence-electron chi connectivity index (χ0n) is 15.7. The molecule has 7 nitrogen and oxygen atoms in total. The Bertz CT molecular complexity index is 821. The van der Waals surface area contributed by atoms with Gasteiger partial charge >= 0.3 is 0 Å². The summed E-state index contributed by atoms with van der Waals surface area (Å²) in [6, 6.07) is 12.8. The van der Waals surface area contributed by atoms with Crippen molar-refractivity contribution in [2.45, 2.75) is 25.7 Å². The van der Waals surface area contributed by atoms with Crippen molar-refractivity contribution in [2.75, 3.05) is 30.4 Å². The highest BCUT2D eigenvalue weighted by Crippen LogP contribution is 2.26. The number of carbonyl (C=O) groups is 2. The van der Waals surface area contributed by atoms with E-state index >= 15 is 0 Å². The summed E-state index contributed by atoms with van der Waals surface area (Å²) in [7, 11) is 0. The lowest BCUT2D eigenvalue weighted by Gasteiger charge is -2.17. The van der Waals surface area contributed by atoms with Gasteiger partial charge in [-0.05, 0) is 60.9 Å². The Hall–Kier alpha value is -3.06. The Morgan fingerprint density at radius 2 is 1.79 bits per heavy atom. The number of aryl methyl sites for hydroxylation is 1. The van der Waals surface area contributed by atoms with E-state index in [-0.39, 0.29) is 11.8 Å². The van der Waals surface area contributed by atoms with Crippen molar-refractivity contribution in [3.63, 3.8) is 0 Å². The summed E-state index contributed by atoms with van der Waals surface area (Å²) in [5, 5.41) is 5.70. The predicted molar refractivity (Wildman–Crippen MR) is 108 cm³/mol. The number of fused-ring (bicyclic) bond motifs is 1. The number of benzene rings is 2. The van der Waals surface area contributed by atoms with Gasteiger partial charge in [0, 0.05) is 30.8 Å². The van der Waals surface area contributed by atoms with Crippen LogP contribution in [0.5, 0.6) is 11.5 Å². The molecular weight excluding hydrogens is 358 g/mol. The minimum absolute atomic E-state index is 0.0462. The molecule has 28 heavy (non-hydrogen) atoms. The van der Waals surface area contributed by atoms with E-state index in [9.17, 15) is 9.59 Å². The van der Waals surface area contributed by atoms with Gasteiger partial charge in [0.25, 0.3) is 0 Å². The van der Waals surface area contributed by atoms with Gasteiger partial charge in [-0.15, -0.1) is 0 Å². The highest BCUT2D eigenvalue weighted by molar-refractivity contribution is 5.94. The lowest BCUT2D eigenvalue weighted by Crippen LogP contribution is -2.18. The summed E-state index contributed by atoms with van der Waals surface area (Å²) in [6.07, 6.45) is 2.19. The Morgan fingerprint density at radius 3 is 2.57 bits per heavy atom. The van der Waals surface area contributed by atoms with Crippen LogP contribution in [0.3, 0.4) is 0 Å². The molecule has 4 N–H and O–H groups in total. The molecule has 0 bridgehead atoms. The molecule has 3 rings (SSSR count). The van der Waals surface area contributed by atoms with E-state index in [2.05, 4.69) is 10.6 Å². The smallest absolute Gasteiger partial charge is 0.224 e. The van der Waals surface area contributed by atoms with Crippen LogP contribution in [0, 0.1) is 0 Å². The molecule has 0 aromatic heterocycles. The third kappa shape index (κ3) is 5.72. The van der Waals surface area contributed by atoms with Crippen LogP contribution in [0.4, 0.5) is 11.4 Å². The molecule has 0 fully saturated rings. The van der Waals surface area contributed by atoms with E-state index in [1.54, 1.807) is 24.3 Å². The van der Waals surface area contributed by atoms with E-state index in [1.807, 2.05) is 18.2 Å². The summed E-state index contributed by atoms with van der Waals surface area (Å²) < 4.78 is 11.1. The summed E-state index contributed by atoms with van der Waals surface area (Å²) >= 11 is 0. The van der Waals surface area contributed by atoms with Crippen LogP contribution >= 0.6 is 0 Å². The van der Waals surface area contributed by atoms with Crippen LogP contribution < -0.4 is 25.8 Å². The van der Waals surface area contributed by atoms with Gasteiger partial charge in [-0.2, -0.15) is 0 Å². The van der Waals surface area contributed by atoms with E-state index in [1.165, 1.54) is 0 Å². The third-order valence-corrected chi connectivity index (χ3v) is 4.31. The van der Waals surface area contributed by atoms with Gasteiger partial charge in [-0.3, -0.25) is 9.59 Å². The molecule has 1 heterocycles. The highest BCUT2D eigenvalue weighted by atomic mass is 16.5. The molecule has 2 aromatic carbocycles. The summed E-state index contributed by atoms with van der Waals surface area (Å²) in [5.74, 6) is 1.46. The fourth-order valence-electron chi connectivity index (χ4n) is 2.91. The van der Waals surface area contributed by atoms with Gasteiger partial charge in [0.15, 0.2) is 0 Å². The standard InChI is InChI=1S/C21H25N3O4/c22-11-13-28-17-6-4-16(5-7-17)23-20(25)2-1-12-27-18-8-9-19-15(14-18)3-10-21(26)24-19/h4-9,14H,1-3,10-13,22H2,(H,23,25)(H,24,26). The maximum absolute atomic E-state index is 12.0. The monoisotopic (exact) mass is 383 g/mol. The highest BCUT2D eigenvalue weighted by Gasteiger charge is 2.15. The molecular formula is C21H25N3O4. The average Bonchev–Trinajstić information content (AvgIpc) is 2.70. The maximum atomic E-state index is 12.0. The molecule has 0 saturated carbocycles. The number of rotatable bonds is 9. The quantitative estimate of drug-likeness (QED) is 0.578. The lowest BCUT2D eigenvalue weighted by molar-refractivity contribution is -0.117. The molecule has 7 heteroatoms. The molecule has 0 spiro atoms. The fraction of sp³-hybridized carbons (Fsp3) is 0.333. The topological polar surface area (TPSA) is 103 Å². The number of nitrogens with one attached hydrogen (secondary N) is 2. The Kier molecular flexibility index (Phi) is 6.86. The molecule has 148 valence electrons. The van der Waals surface area contributed by atoms with Crippen LogP contribution in [-0.4, -0.2) is 31.6 Å². The van der Waals surface area contributed by atoms with Gasteiger partial charge in [0.1, 0.15) is 18.1 Å². The molecule has 0 atom stereocenters. The van der Waals surface area contributed by atoms with E-state index < -0.39 is 0 Å². The van der Waals surface area contributed by atoms with Crippen molar-refractivity contribution < 1.29 is 19.1 Å². The number of ether oxygens (including phenoxy) is 2. The first kappa shape index (κ1) is 19.7. The van der Waals surface area contributed by atoms with Gasteiger partial charge < -0.3 is 25.8 Å². The molecule has 1 aliphatic heterocycles. The first-order chi connectivity index (χ1) is 13.6. The second-order valence-corrected chi connectivity index (χ2v) is 6.53. The van der Waals surface area contributed by atoms with E-state index in [4.69, 9.17) is 15.2 Å². The fourth-order valence-corrected chi connectivity index (χ4v) is 2.91. The zero-order chi connectivity index (χ0) is 19.8. The van der Waals surface area contributed by atoms with E-state index in [0.29, 0.717) is 39.0 Å². The Labute approximate surface area is 164 Å². The second kappa shape index (κ2) is 9.75. The van der Waals surface area contributed by atoms with Crippen molar-refractivity contribution in [3.05, 3.63) is 48.0 Å². The predicted octanol–water partition coefficient (Wildman–Crippen LogP) is 2.71. The first-order valence-electron chi connectivity index (χ1n) is 9.42. The van der Waals surface area contributed by atoms with Gasteiger partial charge in [0.2, 0.25) is 11.8 Å². The summed E-state index contributed by atoms with van der Waals surface area (Å²) in [6.45, 7) is 1.37.